The van der Waals surface area contributed by atoms with Gasteiger partial charge in [0.1, 0.15) is 11.6 Å². The van der Waals surface area contributed by atoms with E-state index in [4.69, 9.17) is 4.74 Å². The van der Waals surface area contributed by atoms with Crippen LogP contribution in [-0.2, 0) is 25.7 Å². The Hall–Kier alpha value is -3.13. The molecule has 4 atom stereocenters. The van der Waals surface area contributed by atoms with Crippen molar-refractivity contribution in [1.29, 1.82) is 0 Å². The number of hydrogen-bond donors (Lipinski definition) is 1. The average Bonchev–Trinajstić information content (AvgIpc) is 2.98. The molecular weight excluding hydrogens is 607 g/mol. The maximum absolute atomic E-state index is 14.7. The van der Waals surface area contributed by atoms with Gasteiger partial charge < -0.3 is 9.72 Å². The summed E-state index contributed by atoms with van der Waals surface area (Å²) in [6.45, 7) is -0.179. The highest BCUT2D eigenvalue weighted by Gasteiger charge is 2.47. The lowest BCUT2D eigenvalue weighted by molar-refractivity contribution is -0.137. The molecule has 3 unspecified atom stereocenters. The first-order chi connectivity index (χ1) is 20.4. The zero-order valence-corrected chi connectivity index (χ0v) is 25.3. The van der Waals surface area contributed by atoms with Crippen LogP contribution in [0.2, 0.25) is 0 Å². The summed E-state index contributed by atoms with van der Waals surface area (Å²) in [4.78, 5) is 15.0. The molecule has 2 aliphatic rings. The number of nitrogens with one attached hydrogen (secondary N) is 1. The van der Waals surface area contributed by atoms with Crippen molar-refractivity contribution in [2.45, 2.75) is 67.3 Å². The van der Waals surface area contributed by atoms with Crippen LogP contribution >= 0.6 is 0 Å². The Kier molecular flexibility index (Phi) is 9.35. The zero-order valence-electron chi connectivity index (χ0n) is 23.1. The lowest BCUT2D eigenvalue weighted by atomic mass is 9.78. The van der Waals surface area contributed by atoms with Crippen LogP contribution in [0.4, 0.5) is 22.0 Å². The van der Waals surface area contributed by atoms with E-state index in [0.29, 0.717) is 18.9 Å². The average molecular weight is 639 g/mol. The number of rotatable bonds is 8. The fraction of sp³-hybridized carbons (Fsp3) is 0.367. The minimum absolute atomic E-state index is 0.0861. The van der Waals surface area contributed by atoms with E-state index in [1.807, 2.05) is 30.3 Å². The molecule has 5 rings (SSSR count). The number of carbonyl (C=O) groups is 1. The number of sulfonamides is 1. The van der Waals surface area contributed by atoms with E-state index in [9.17, 15) is 35.2 Å². The van der Waals surface area contributed by atoms with Crippen LogP contribution in [0.15, 0.2) is 77.7 Å². The van der Waals surface area contributed by atoms with Gasteiger partial charge in [-0.2, -0.15) is 17.5 Å². The van der Waals surface area contributed by atoms with Gasteiger partial charge in [-0.05, 0) is 66.6 Å². The number of carbonyl (C=O) groups excluding carboxylic acids is 1. The molecule has 1 saturated carbocycles. The van der Waals surface area contributed by atoms with E-state index >= 15 is 0 Å². The van der Waals surface area contributed by atoms with Crippen molar-refractivity contribution < 1.29 is 39.9 Å². The van der Waals surface area contributed by atoms with E-state index in [-0.39, 0.29) is 37.3 Å². The first-order valence-corrected chi connectivity index (χ1v) is 16.9. The molecule has 1 saturated heterocycles. The van der Waals surface area contributed by atoms with Gasteiger partial charge in [-0.1, -0.05) is 42.5 Å². The fourth-order valence-corrected chi connectivity index (χ4v) is 8.73. The largest absolute Gasteiger partial charge is 0.416 e. The van der Waals surface area contributed by atoms with Gasteiger partial charge in [0, 0.05) is 19.0 Å². The summed E-state index contributed by atoms with van der Waals surface area (Å²) < 4.78 is 104. The first-order valence-electron chi connectivity index (χ1n) is 14.0. The molecule has 3 aromatic rings. The number of halogens is 5. The van der Waals surface area contributed by atoms with Crippen molar-refractivity contribution in [3.63, 3.8) is 0 Å². The Morgan fingerprint density at radius 3 is 2.49 bits per heavy atom. The molecule has 0 bridgehead atoms. The first kappa shape index (κ1) is 31.3. The Bertz CT molecular complexity index is 1560. The normalized spacial score (nSPS) is 23.3. The zero-order chi connectivity index (χ0) is 30.8. The van der Waals surface area contributed by atoms with Crippen molar-refractivity contribution in [1.82, 2.24) is 9.29 Å². The van der Waals surface area contributed by atoms with E-state index in [0.717, 1.165) is 39.8 Å². The summed E-state index contributed by atoms with van der Waals surface area (Å²) in [5.74, 6) is -2.11. The Balaban J connectivity index is 1.37. The molecule has 1 aliphatic heterocycles. The molecule has 0 spiro atoms. The summed E-state index contributed by atoms with van der Waals surface area (Å²) in [6.07, 6.45) is -4.80. The van der Waals surface area contributed by atoms with Gasteiger partial charge in [0.2, 0.25) is 15.9 Å². The molecule has 0 radical (unpaired) electrons. The van der Waals surface area contributed by atoms with Gasteiger partial charge in [0.05, 0.1) is 28.7 Å². The Labute approximate surface area is 249 Å². The molecule has 1 N–H and O–H groups in total. The smallest absolute Gasteiger partial charge is 0.383 e. The van der Waals surface area contributed by atoms with E-state index in [2.05, 4.69) is 4.98 Å². The number of alkyl halides is 3. The summed E-state index contributed by atoms with van der Waals surface area (Å²) in [5.41, 5.74) is -0.846. The second-order valence-corrected chi connectivity index (χ2v) is 14.4. The highest BCUT2D eigenvalue weighted by atomic mass is 32.2. The van der Waals surface area contributed by atoms with E-state index in [1.54, 1.807) is 0 Å². The number of nitrogens with zero attached hydrogens (tertiary/aromatic N) is 1. The minimum Gasteiger partial charge on any atom is -0.383 e. The Morgan fingerprint density at radius 2 is 1.77 bits per heavy atom. The van der Waals surface area contributed by atoms with Crippen LogP contribution in [-0.4, -0.2) is 53.1 Å². The van der Waals surface area contributed by atoms with Crippen molar-refractivity contribution >= 4 is 30.8 Å². The number of benzene rings is 3. The lowest BCUT2D eigenvalue weighted by Crippen LogP contribution is -2.58. The van der Waals surface area contributed by atoms with Gasteiger partial charge in [0.25, 0.3) is 0 Å². The van der Waals surface area contributed by atoms with Gasteiger partial charge in [0.15, 0.2) is 9.68 Å². The van der Waals surface area contributed by atoms with Crippen LogP contribution in [0.5, 0.6) is 0 Å². The summed E-state index contributed by atoms with van der Waals surface area (Å²) in [7, 11) is -5.49. The molecule has 0 aromatic heterocycles. The molecule has 2 fully saturated rings. The SMILES string of the molecule is O=C(CC[C@H]1CN(S(=O)(=O)c2cccc(C(F)(F)F)c2)C2CC(c3ccc(F)cc3F)CCC2O1)N[SiH2]c1ccccc1. The van der Waals surface area contributed by atoms with Crippen LogP contribution < -0.4 is 10.2 Å². The number of fused-ring (bicyclic) bond motifs is 1. The van der Waals surface area contributed by atoms with Crippen LogP contribution in [0, 0.1) is 11.6 Å². The highest BCUT2D eigenvalue weighted by molar-refractivity contribution is 7.89. The second kappa shape index (κ2) is 12.8. The maximum Gasteiger partial charge on any atom is 0.416 e. The van der Waals surface area contributed by atoms with E-state index < -0.39 is 72.1 Å². The van der Waals surface area contributed by atoms with Gasteiger partial charge in [-0.25, -0.2) is 17.2 Å². The van der Waals surface area contributed by atoms with Crippen molar-refractivity contribution in [3.05, 3.63) is 95.6 Å². The minimum atomic E-state index is -4.74. The van der Waals surface area contributed by atoms with E-state index in [1.165, 1.54) is 6.07 Å². The number of amides is 1. The van der Waals surface area contributed by atoms with Crippen LogP contribution in [0.3, 0.4) is 0 Å². The topological polar surface area (TPSA) is 75.7 Å². The molecule has 1 amide bonds. The van der Waals surface area contributed by atoms with Crippen LogP contribution in [0.1, 0.15) is 49.1 Å². The predicted octanol–water partition coefficient (Wildman–Crippen LogP) is 4.38. The molecule has 13 heteroatoms. The maximum atomic E-state index is 14.7. The second-order valence-electron chi connectivity index (χ2n) is 10.9. The molecular formula is C30H31F5N2O4SSi. The summed E-state index contributed by atoms with van der Waals surface area (Å²) in [6, 6.07) is 15.6. The van der Waals surface area contributed by atoms with Gasteiger partial charge >= 0.3 is 6.18 Å². The third-order valence-electron chi connectivity index (χ3n) is 8.07. The van der Waals surface area contributed by atoms with Crippen LogP contribution in [0.25, 0.3) is 0 Å². The summed E-state index contributed by atoms with van der Waals surface area (Å²) >= 11 is 0. The predicted molar refractivity (Wildman–Crippen MR) is 153 cm³/mol. The van der Waals surface area contributed by atoms with Crippen molar-refractivity contribution in [2.24, 2.45) is 0 Å². The van der Waals surface area contributed by atoms with Gasteiger partial charge in [-0.3, -0.25) is 4.79 Å². The van der Waals surface area contributed by atoms with Crippen molar-refractivity contribution in [3.8, 4) is 0 Å². The standard InChI is InChI=1S/C30H31F5N2O4SSi/c31-21-10-12-25(26(32)17-21)19-9-13-28-27(15-19)37(42(39,40)23-6-4-5-20(16-23)30(33,34)35)18-22(41-28)11-14-29(38)36-43-24-7-2-1-3-8-24/h1-8,10,12,16-17,19,22,27-28H,9,11,13-15,18,43H2,(H,36,38)/t19?,22-,27?,28?/m0/s1. The third kappa shape index (κ3) is 7.33. The highest BCUT2D eigenvalue weighted by Crippen LogP contribution is 2.42. The van der Waals surface area contributed by atoms with Crippen molar-refractivity contribution in [2.75, 3.05) is 6.54 Å². The fourth-order valence-electron chi connectivity index (χ4n) is 5.90. The molecule has 6 nitrogen and oxygen atoms in total. The number of ether oxygens (including phenoxy) is 1. The Morgan fingerprint density at radius 1 is 1.00 bits per heavy atom. The quantitative estimate of drug-likeness (QED) is 0.294. The molecule has 1 heterocycles. The molecule has 230 valence electrons. The lowest BCUT2D eigenvalue weighted by Gasteiger charge is -2.48. The monoisotopic (exact) mass is 638 g/mol. The third-order valence-corrected chi connectivity index (χ3v) is 11.4. The summed E-state index contributed by atoms with van der Waals surface area (Å²) in [5, 5.41) is 1.06. The molecule has 3 aromatic carbocycles. The number of morpholine rings is 1. The molecule has 1 aliphatic carbocycles. The molecule has 43 heavy (non-hydrogen) atoms. The number of hydrogen-bond acceptors (Lipinski definition) is 4. The van der Waals surface area contributed by atoms with Gasteiger partial charge in [-0.15, -0.1) is 0 Å².